The van der Waals surface area contributed by atoms with Crippen molar-refractivity contribution in [1.29, 1.82) is 0 Å². The summed E-state index contributed by atoms with van der Waals surface area (Å²) in [6.07, 6.45) is -1.18. The van der Waals surface area contributed by atoms with Crippen LogP contribution in [-0.2, 0) is 4.79 Å². The smallest absolute Gasteiger partial charge is 0.218 e. The minimum atomic E-state index is -1.18. The summed E-state index contributed by atoms with van der Waals surface area (Å²) in [5.74, 6) is -0.367. The molecule has 0 aromatic heterocycles. The maximum atomic E-state index is 10.2. The minimum absolute atomic E-state index is 0.367. The van der Waals surface area contributed by atoms with Gasteiger partial charge >= 0.3 is 0 Å². The first-order valence-electron chi connectivity index (χ1n) is 2.27. The summed E-state index contributed by atoms with van der Waals surface area (Å²) in [5, 5.41) is 10.8. The van der Waals surface area contributed by atoms with Crippen LogP contribution < -0.4 is 5.32 Å². The standard InChI is InChI=1S/C4H7Cl2NO2/c1-2(8)7-4(9)3(5)6/h3-4,9H,1H3,(H,7,8)/t4-/m0/s1. The Labute approximate surface area is 62.9 Å². The number of aliphatic hydroxyl groups is 1. The predicted octanol–water partition coefficient (Wildman–Crippen LogP) is 0.245. The topological polar surface area (TPSA) is 49.3 Å². The number of alkyl halides is 2. The fraction of sp³-hybridized carbons (Fsp3) is 0.750. The number of hydrogen-bond acceptors (Lipinski definition) is 2. The molecule has 0 bridgehead atoms. The van der Waals surface area contributed by atoms with Gasteiger partial charge in [0, 0.05) is 6.92 Å². The Morgan fingerprint density at radius 1 is 1.67 bits per heavy atom. The molecular formula is C4H7Cl2NO2. The van der Waals surface area contributed by atoms with E-state index in [1.54, 1.807) is 0 Å². The number of hydrogen-bond donors (Lipinski definition) is 2. The molecule has 0 aromatic rings. The van der Waals surface area contributed by atoms with Crippen molar-refractivity contribution in [1.82, 2.24) is 5.32 Å². The summed E-state index contributed by atoms with van der Waals surface area (Å²) >= 11 is 10.3. The summed E-state index contributed by atoms with van der Waals surface area (Å²) < 4.78 is 0. The average Bonchev–Trinajstić information content (AvgIpc) is 1.63. The normalized spacial score (nSPS) is 13.4. The van der Waals surface area contributed by atoms with E-state index >= 15 is 0 Å². The quantitative estimate of drug-likeness (QED) is 0.463. The van der Waals surface area contributed by atoms with Gasteiger partial charge in [-0.1, -0.05) is 0 Å². The van der Waals surface area contributed by atoms with Crippen molar-refractivity contribution in [2.75, 3.05) is 0 Å². The highest BCUT2D eigenvalue weighted by Crippen LogP contribution is 2.04. The van der Waals surface area contributed by atoms with Crippen LogP contribution in [0.5, 0.6) is 0 Å². The number of carbonyl (C=O) groups excluding carboxylic acids is 1. The van der Waals surface area contributed by atoms with E-state index in [0.717, 1.165) is 0 Å². The fourth-order valence-corrected chi connectivity index (χ4v) is 0.397. The molecule has 9 heavy (non-hydrogen) atoms. The Kier molecular flexibility index (Phi) is 3.93. The van der Waals surface area contributed by atoms with Gasteiger partial charge in [0.15, 0.2) is 11.1 Å². The maximum Gasteiger partial charge on any atom is 0.218 e. The monoisotopic (exact) mass is 171 g/mol. The van der Waals surface area contributed by atoms with Gasteiger partial charge in [-0.25, -0.2) is 0 Å². The first-order chi connectivity index (χ1) is 4.04. The Balaban J connectivity index is 3.50. The molecule has 0 radical (unpaired) electrons. The Morgan fingerprint density at radius 2 is 2.11 bits per heavy atom. The van der Waals surface area contributed by atoms with Crippen molar-refractivity contribution in [3.63, 3.8) is 0 Å². The lowest BCUT2D eigenvalue weighted by molar-refractivity contribution is -0.121. The lowest BCUT2D eigenvalue weighted by Crippen LogP contribution is -2.37. The third-order valence-electron chi connectivity index (χ3n) is 0.590. The number of amides is 1. The van der Waals surface area contributed by atoms with Crippen molar-refractivity contribution in [2.45, 2.75) is 18.0 Å². The van der Waals surface area contributed by atoms with Gasteiger partial charge in [-0.3, -0.25) is 4.79 Å². The summed E-state index contributed by atoms with van der Waals surface area (Å²) in [5.41, 5.74) is 0. The average molecular weight is 172 g/mol. The van der Waals surface area contributed by atoms with E-state index in [1.807, 2.05) is 0 Å². The first kappa shape index (κ1) is 9.01. The van der Waals surface area contributed by atoms with Gasteiger partial charge in [-0.05, 0) is 0 Å². The van der Waals surface area contributed by atoms with Crippen molar-refractivity contribution in [2.24, 2.45) is 0 Å². The Morgan fingerprint density at radius 3 is 2.22 bits per heavy atom. The summed E-state index contributed by atoms with van der Waals surface area (Å²) in [7, 11) is 0. The molecule has 0 fully saturated rings. The Bertz CT molecular complexity index is 107. The molecule has 0 aromatic carbocycles. The molecule has 0 aliphatic carbocycles. The van der Waals surface area contributed by atoms with Gasteiger partial charge in [-0.15, -0.1) is 23.2 Å². The highest BCUT2D eigenvalue weighted by atomic mass is 35.5. The van der Waals surface area contributed by atoms with E-state index in [9.17, 15) is 4.79 Å². The molecule has 1 atom stereocenters. The molecular weight excluding hydrogens is 165 g/mol. The maximum absolute atomic E-state index is 10.2. The van der Waals surface area contributed by atoms with Crippen LogP contribution in [0.3, 0.4) is 0 Å². The highest BCUT2D eigenvalue weighted by molar-refractivity contribution is 6.44. The summed E-state index contributed by atoms with van der Waals surface area (Å²) in [6.45, 7) is 1.26. The van der Waals surface area contributed by atoms with E-state index in [1.165, 1.54) is 6.92 Å². The molecule has 5 heteroatoms. The molecule has 0 spiro atoms. The number of rotatable bonds is 2. The van der Waals surface area contributed by atoms with Crippen LogP contribution in [0.4, 0.5) is 0 Å². The molecule has 3 nitrogen and oxygen atoms in total. The molecule has 54 valence electrons. The van der Waals surface area contributed by atoms with Crippen molar-refractivity contribution in [3.8, 4) is 0 Å². The predicted molar refractivity (Wildman–Crippen MR) is 35.3 cm³/mol. The van der Waals surface area contributed by atoms with Crippen LogP contribution in [0, 0.1) is 0 Å². The third kappa shape index (κ3) is 4.51. The van der Waals surface area contributed by atoms with Crippen LogP contribution >= 0.6 is 23.2 Å². The molecule has 0 aliphatic heterocycles. The molecule has 0 saturated heterocycles. The molecule has 1 amide bonds. The van der Waals surface area contributed by atoms with Crippen LogP contribution in [0.15, 0.2) is 0 Å². The van der Waals surface area contributed by atoms with Crippen molar-refractivity contribution < 1.29 is 9.90 Å². The largest absolute Gasteiger partial charge is 0.371 e. The lowest BCUT2D eigenvalue weighted by atomic mass is 10.6. The van der Waals surface area contributed by atoms with E-state index in [4.69, 9.17) is 28.3 Å². The number of aliphatic hydroxyl groups excluding tert-OH is 1. The van der Waals surface area contributed by atoms with Crippen molar-refractivity contribution >= 4 is 29.1 Å². The van der Waals surface area contributed by atoms with Gasteiger partial charge in [0.25, 0.3) is 0 Å². The van der Waals surface area contributed by atoms with E-state index in [2.05, 4.69) is 5.32 Å². The first-order valence-corrected chi connectivity index (χ1v) is 3.14. The van der Waals surface area contributed by atoms with Gasteiger partial charge < -0.3 is 10.4 Å². The van der Waals surface area contributed by atoms with Gasteiger partial charge in [-0.2, -0.15) is 0 Å². The highest BCUT2D eigenvalue weighted by Gasteiger charge is 2.12. The molecule has 0 saturated carbocycles. The van der Waals surface area contributed by atoms with Crippen molar-refractivity contribution in [3.05, 3.63) is 0 Å². The minimum Gasteiger partial charge on any atom is -0.371 e. The van der Waals surface area contributed by atoms with Gasteiger partial charge in [0.05, 0.1) is 0 Å². The van der Waals surface area contributed by atoms with Gasteiger partial charge in [0.2, 0.25) is 5.91 Å². The second kappa shape index (κ2) is 3.93. The van der Waals surface area contributed by atoms with E-state index < -0.39 is 11.1 Å². The zero-order valence-electron chi connectivity index (χ0n) is 4.77. The van der Waals surface area contributed by atoms with Crippen LogP contribution in [-0.4, -0.2) is 22.1 Å². The summed E-state index contributed by atoms with van der Waals surface area (Å²) in [4.78, 5) is 9.19. The van der Waals surface area contributed by atoms with E-state index in [-0.39, 0.29) is 5.91 Å². The number of carbonyl (C=O) groups is 1. The van der Waals surface area contributed by atoms with Gasteiger partial charge in [0.1, 0.15) is 0 Å². The third-order valence-corrected chi connectivity index (χ3v) is 1.07. The molecule has 2 N–H and O–H groups in total. The second-order valence-electron chi connectivity index (χ2n) is 1.48. The van der Waals surface area contributed by atoms with Crippen LogP contribution in [0.25, 0.3) is 0 Å². The fourth-order valence-electron chi connectivity index (χ4n) is 0.271. The molecule has 0 heterocycles. The Hall–Kier alpha value is 0.01000. The number of halogens is 2. The summed E-state index contributed by atoms with van der Waals surface area (Å²) in [6, 6.07) is 0. The SMILES string of the molecule is CC(=O)N[C@@H](O)C(Cl)Cl. The lowest BCUT2D eigenvalue weighted by Gasteiger charge is -2.10. The molecule has 0 rings (SSSR count). The second-order valence-corrected chi connectivity index (χ2v) is 2.64. The van der Waals surface area contributed by atoms with E-state index in [0.29, 0.717) is 0 Å². The molecule has 0 unspecified atom stereocenters. The number of nitrogens with one attached hydrogen (secondary N) is 1. The zero-order valence-corrected chi connectivity index (χ0v) is 6.28. The molecule has 0 aliphatic rings. The zero-order chi connectivity index (χ0) is 7.44. The van der Waals surface area contributed by atoms with Crippen LogP contribution in [0.2, 0.25) is 0 Å². The van der Waals surface area contributed by atoms with Crippen LogP contribution in [0.1, 0.15) is 6.92 Å².